The summed E-state index contributed by atoms with van der Waals surface area (Å²) in [5, 5.41) is 0. The van der Waals surface area contributed by atoms with Gasteiger partial charge >= 0.3 is 0 Å². The van der Waals surface area contributed by atoms with Gasteiger partial charge < -0.3 is 0 Å². The molecule has 0 aliphatic rings. The van der Waals surface area contributed by atoms with Crippen molar-refractivity contribution in [2.75, 3.05) is 0 Å². The molecule has 0 saturated carbocycles. The third kappa shape index (κ3) is 4.30. The van der Waals surface area contributed by atoms with Crippen molar-refractivity contribution in [2.24, 2.45) is 0 Å². The second-order valence-corrected chi connectivity index (χ2v) is 2.30. The molecule has 0 aliphatic carbocycles. The van der Waals surface area contributed by atoms with Crippen LogP contribution in [0.5, 0.6) is 0 Å². The molecule has 0 aromatic heterocycles. The van der Waals surface area contributed by atoms with E-state index in [9.17, 15) is 4.39 Å². The molecule has 0 bridgehead atoms. The first kappa shape index (κ1) is 9.41. The summed E-state index contributed by atoms with van der Waals surface area (Å²) < 4.78 is 12.5. The van der Waals surface area contributed by atoms with Crippen LogP contribution in [-0.2, 0) is 0 Å². The van der Waals surface area contributed by atoms with Crippen LogP contribution in [0.2, 0.25) is 0 Å². The first-order valence-electron chi connectivity index (χ1n) is 3.73. The van der Waals surface area contributed by atoms with Crippen molar-refractivity contribution < 1.29 is 4.39 Å². The lowest BCUT2D eigenvalue weighted by molar-refractivity contribution is 0.603. The Morgan fingerprint density at radius 1 is 1.40 bits per heavy atom. The summed E-state index contributed by atoms with van der Waals surface area (Å²) in [4.78, 5) is 0. The quantitative estimate of drug-likeness (QED) is 0.528. The van der Waals surface area contributed by atoms with Crippen LogP contribution in [0.4, 0.5) is 4.39 Å². The largest absolute Gasteiger partial charge is 0.212 e. The van der Waals surface area contributed by atoms with Crippen molar-refractivity contribution in [3.63, 3.8) is 0 Å². The first-order valence-corrected chi connectivity index (χ1v) is 3.73. The fourth-order valence-corrected chi connectivity index (χ4v) is 0.730. The molecule has 0 amide bonds. The predicted molar refractivity (Wildman–Crippen MR) is 43.5 cm³/mol. The molecule has 0 radical (unpaired) electrons. The Morgan fingerprint density at radius 3 is 2.40 bits per heavy atom. The zero-order valence-corrected chi connectivity index (χ0v) is 6.95. The number of hydrogen-bond acceptors (Lipinski definition) is 0. The second kappa shape index (κ2) is 5.21. The van der Waals surface area contributed by atoms with Gasteiger partial charge in [-0.2, -0.15) is 0 Å². The third-order valence-electron chi connectivity index (χ3n) is 1.25. The highest BCUT2D eigenvalue weighted by Crippen LogP contribution is 2.07. The van der Waals surface area contributed by atoms with Gasteiger partial charge in [0.1, 0.15) is 0 Å². The summed E-state index contributed by atoms with van der Waals surface area (Å²) in [5.74, 6) is -0.0396. The molecule has 0 spiro atoms. The molecule has 0 aromatic carbocycles. The predicted octanol–water partition coefficient (Wildman–Crippen LogP) is 3.61. The molecule has 0 rings (SSSR count). The van der Waals surface area contributed by atoms with E-state index < -0.39 is 0 Å². The van der Waals surface area contributed by atoms with E-state index in [0.29, 0.717) is 6.42 Å². The van der Waals surface area contributed by atoms with Crippen LogP contribution in [-0.4, -0.2) is 0 Å². The van der Waals surface area contributed by atoms with Crippen molar-refractivity contribution in [2.45, 2.75) is 33.6 Å². The fourth-order valence-electron chi connectivity index (χ4n) is 0.730. The monoisotopic (exact) mass is 142 g/mol. The van der Waals surface area contributed by atoms with E-state index >= 15 is 0 Å². The molecule has 0 atom stereocenters. The van der Waals surface area contributed by atoms with E-state index in [1.807, 2.05) is 26.8 Å². The van der Waals surface area contributed by atoms with E-state index in [1.165, 1.54) is 0 Å². The van der Waals surface area contributed by atoms with Crippen LogP contribution < -0.4 is 0 Å². The smallest absolute Gasteiger partial charge is 0.0999 e. The maximum Gasteiger partial charge on any atom is 0.0999 e. The molecule has 0 saturated heterocycles. The summed E-state index contributed by atoms with van der Waals surface area (Å²) in [6.45, 7) is 5.77. The third-order valence-corrected chi connectivity index (χ3v) is 1.25. The van der Waals surface area contributed by atoms with Crippen LogP contribution >= 0.6 is 0 Å². The van der Waals surface area contributed by atoms with Gasteiger partial charge in [-0.1, -0.05) is 25.5 Å². The van der Waals surface area contributed by atoms with E-state index in [0.717, 1.165) is 12.0 Å². The zero-order valence-electron chi connectivity index (χ0n) is 6.95. The maximum absolute atomic E-state index is 12.5. The summed E-state index contributed by atoms with van der Waals surface area (Å²) in [6.07, 6.45) is 5.06. The van der Waals surface area contributed by atoms with Gasteiger partial charge in [0.05, 0.1) is 5.83 Å². The van der Waals surface area contributed by atoms with Crippen molar-refractivity contribution in [3.8, 4) is 0 Å². The molecule has 0 heterocycles. The van der Waals surface area contributed by atoms with Crippen molar-refractivity contribution >= 4 is 0 Å². The lowest BCUT2D eigenvalue weighted by Gasteiger charge is -1.91. The minimum atomic E-state index is -0.0396. The number of halogens is 1. The molecule has 58 valence electrons. The van der Waals surface area contributed by atoms with E-state index in [-0.39, 0.29) is 5.83 Å². The van der Waals surface area contributed by atoms with Gasteiger partial charge in [0.2, 0.25) is 0 Å². The summed E-state index contributed by atoms with van der Waals surface area (Å²) in [5.41, 5.74) is 1.02. The molecular formula is C9H15F. The van der Waals surface area contributed by atoms with Crippen molar-refractivity contribution in [3.05, 3.63) is 23.6 Å². The van der Waals surface area contributed by atoms with Gasteiger partial charge in [0.15, 0.2) is 0 Å². The molecule has 0 unspecified atom stereocenters. The Bertz CT molecular complexity index is 143. The Balaban J connectivity index is 3.98. The van der Waals surface area contributed by atoms with Gasteiger partial charge in [-0.05, 0) is 25.8 Å². The highest BCUT2D eigenvalue weighted by molar-refractivity contribution is 5.17. The highest BCUT2D eigenvalue weighted by Gasteiger charge is 1.88. The standard InChI is InChI=1S/C9H15F/c1-4-6-8(3)7-9(10)5-2/h6-7H,4-5H2,1-3H3/b8-6-,9-7+. The van der Waals surface area contributed by atoms with Gasteiger partial charge in [0, 0.05) is 0 Å². The minimum absolute atomic E-state index is 0.0396. The Kier molecular flexibility index (Phi) is 4.91. The first-order chi connectivity index (χ1) is 4.70. The molecule has 10 heavy (non-hydrogen) atoms. The topological polar surface area (TPSA) is 0 Å². The highest BCUT2D eigenvalue weighted by atomic mass is 19.1. The molecule has 0 aliphatic heterocycles. The maximum atomic E-state index is 12.5. The van der Waals surface area contributed by atoms with E-state index in [1.54, 1.807) is 6.08 Å². The van der Waals surface area contributed by atoms with Crippen LogP contribution in [0.25, 0.3) is 0 Å². The van der Waals surface area contributed by atoms with E-state index in [4.69, 9.17) is 0 Å². The number of rotatable bonds is 3. The van der Waals surface area contributed by atoms with Gasteiger partial charge in [-0.15, -0.1) is 0 Å². The number of hydrogen-bond donors (Lipinski definition) is 0. The average molecular weight is 142 g/mol. The lowest BCUT2D eigenvalue weighted by atomic mass is 10.2. The van der Waals surface area contributed by atoms with Crippen LogP contribution in [0.1, 0.15) is 33.6 Å². The van der Waals surface area contributed by atoms with Crippen LogP contribution in [0.3, 0.4) is 0 Å². The van der Waals surface area contributed by atoms with E-state index in [2.05, 4.69) is 0 Å². The SMILES string of the molecule is CC/C=C(C)\C=C(\F)CC. The van der Waals surface area contributed by atoms with Gasteiger partial charge in [0.25, 0.3) is 0 Å². The summed E-state index contributed by atoms with van der Waals surface area (Å²) in [6, 6.07) is 0. The minimum Gasteiger partial charge on any atom is -0.212 e. The Hall–Kier alpha value is -0.590. The van der Waals surface area contributed by atoms with Crippen LogP contribution in [0.15, 0.2) is 23.6 Å². The molecule has 0 N–H and O–H groups in total. The molecule has 0 fully saturated rings. The van der Waals surface area contributed by atoms with Crippen molar-refractivity contribution in [1.82, 2.24) is 0 Å². The Morgan fingerprint density at radius 2 is 2.00 bits per heavy atom. The Labute approximate surface area is 62.4 Å². The zero-order chi connectivity index (χ0) is 7.98. The summed E-state index contributed by atoms with van der Waals surface area (Å²) >= 11 is 0. The van der Waals surface area contributed by atoms with Gasteiger partial charge in [-0.25, -0.2) is 4.39 Å². The average Bonchev–Trinajstić information content (AvgIpc) is 1.88. The molecule has 1 heteroatoms. The number of allylic oxidation sites excluding steroid dienone is 4. The van der Waals surface area contributed by atoms with Gasteiger partial charge in [-0.3, -0.25) is 0 Å². The lowest BCUT2D eigenvalue weighted by Crippen LogP contribution is -1.72. The van der Waals surface area contributed by atoms with Crippen molar-refractivity contribution in [1.29, 1.82) is 0 Å². The van der Waals surface area contributed by atoms with Crippen LogP contribution in [0, 0.1) is 0 Å². The second-order valence-electron chi connectivity index (χ2n) is 2.30. The molecule has 0 aromatic rings. The summed E-state index contributed by atoms with van der Waals surface area (Å²) in [7, 11) is 0. The normalized spacial score (nSPS) is 14.0. The molecular weight excluding hydrogens is 127 g/mol. The fraction of sp³-hybridized carbons (Fsp3) is 0.556. The molecule has 0 nitrogen and oxygen atoms in total.